The molecule has 142 valence electrons. The van der Waals surface area contributed by atoms with Crippen LogP contribution in [0.15, 0.2) is 66.7 Å². The molecule has 6 heteroatoms. The highest BCUT2D eigenvalue weighted by Gasteiger charge is 2.07. The van der Waals surface area contributed by atoms with Crippen molar-refractivity contribution in [2.75, 3.05) is 0 Å². The number of rotatable bonds is 7. The molecular formula is C21H19Cl2F2NO. The first-order valence-corrected chi connectivity index (χ1v) is 8.59. The van der Waals surface area contributed by atoms with Gasteiger partial charge in [-0.25, -0.2) is 8.78 Å². The van der Waals surface area contributed by atoms with Gasteiger partial charge in [-0.3, -0.25) is 0 Å². The average Bonchev–Trinajstić information content (AvgIpc) is 2.64. The van der Waals surface area contributed by atoms with E-state index in [0.717, 1.165) is 11.1 Å². The third-order valence-corrected chi connectivity index (χ3v) is 4.16. The summed E-state index contributed by atoms with van der Waals surface area (Å²) >= 11 is 6.09. The smallest absolute Gasteiger partial charge is 0.129 e. The van der Waals surface area contributed by atoms with Crippen molar-refractivity contribution in [3.63, 3.8) is 0 Å². The number of ether oxygens (including phenoxy) is 1. The van der Waals surface area contributed by atoms with Gasteiger partial charge in [0.25, 0.3) is 0 Å². The third kappa shape index (κ3) is 6.21. The molecule has 2 nitrogen and oxygen atoms in total. The van der Waals surface area contributed by atoms with E-state index >= 15 is 0 Å². The van der Waals surface area contributed by atoms with Crippen molar-refractivity contribution in [3.05, 3.63) is 100 Å². The summed E-state index contributed by atoms with van der Waals surface area (Å²) in [7, 11) is 0. The lowest BCUT2D eigenvalue weighted by atomic mass is 10.1. The fraction of sp³-hybridized carbons (Fsp3) is 0.143. The van der Waals surface area contributed by atoms with E-state index in [2.05, 4.69) is 5.32 Å². The molecule has 0 saturated carbocycles. The number of hydrogen-bond acceptors (Lipinski definition) is 2. The van der Waals surface area contributed by atoms with Crippen LogP contribution in [-0.2, 0) is 19.7 Å². The van der Waals surface area contributed by atoms with E-state index < -0.39 is 0 Å². The quantitative estimate of drug-likeness (QED) is 0.523. The van der Waals surface area contributed by atoms with Crippen molar-refractivity contribution >= 4 is 24.0 Å². The predicted molar refractivity (Wildman–Crippen MR) is 106 cm³/mol. The normalized spacial score (nSPS) is 10.3. The van der Waals surface area contributed by atoms with Crippen molar-refractivity contribution in [2.24, 2.45) is 0 Å². The van der Waals surface area contributed by atoms with E-state index in [9.17, 15) is 8.78 Å². The molecule has 3 rings (SSSR count). The average molecular weight is 410 g/mol. The zero-order valence-electron chi connectivity index (χ0n) is 14.4. The molecule has 0 fully saturated rings. The first-order valence-electron chi connectivity index (χ1n) is 8.21. The maximum atomic E-state index is 13.7. The second-order valence-corrected chi connectivity index (χ2v) is 6.30. The molecule has 0 saturated heterocycles. The maximum absolute atomic E-state index is 13.7. The van der Waals surface area contributed by atoms with Crippen molar-refractivity contribution < 1.29 is 13.5 Å². The van der Waals surface area contributed by atoms with Crippen LogP contribution >= 0.6 is 24.0 Å². The minimum absolute atomic E-state index is 0. The Labute approximate surface area is 168 Å². The van der Waals surface area contributed by atoms with Gasteiger partial charge < -0.3 is 10.1 Å². The van der Waals surface area contributed by atoms with Crippen LogP contribution in [0.5, 0.6) is 5.75 Å². The van der Waals surface area contributed by atoms with E-state index in [0.29, 0.717) is 29.4 Å². The van der Waals surface area contributed by atoms with Crippen LogP contribution in [0.4, 0.5) is 8.78 Å². The Hall–Kier alpha value is -2.14. The van der Waals surface area contributed by atoms with E-state index in [1.54, 1.807) is 42.5 Å². The Balaban J connectivity index is 0.00000261. The van der Waals surface area contributed by atoms with Crippen LogP contribution in [0.25, 0.3) is 0 Å². The summed E-state index contributed by atoms with van der Waals surface area (Å²) in [5.41, 5.74) is 2.34. The van der Waals surface area contributed by atoms with E-state index in [1.165, 1.54) is 18.2 Å². The zero-order chi connectivity index (χ0) is 18.4. The Bertz CT molecular complexity index is 872. The molecule has 3 aromatic rings. The maximum Gasteiger partial charge on any atom is 0.129 e. The number of hydrogen-bond donors (Lipinski definition) is 1. The number of halogens is 4. The van der Waals surface area contributed by atoms with Gasteiger partial charge in [0.05, 0.1) is 0 Å². The summed E-state index contributed by atoms with van der Waals surface area (Å²) in [6.45, 7) is 1.24. The van der Waals surface area contributed by atoms with Gasteiger partial charge in [0.2, 0.25) is 0 Å². The van der Waals surface area contributed by atoms with E-state index in [4.69, 9.17) is 16.3 Å². The molecule has 1 N–H and O–H groups in total. The van der Waals surface area contributed by atoms with Crippen LogP contribution in [0.2, 0.25) is 5.02 Å². The Kier molecular flexibility index (Phi) is 8.04. The molecule has 0 aliphatic carbocycles. The summed E-state index contributed by atoms with van der Waals surface area (Å²) in [5.74, 6) is 0.0918. The highest BCUT2D eigenvalue weighted by molar-refractivity contribution is 6.30. The van der Waals surface area contributed by atoms with Crippen molar-refractivity contribution in [2.45, 2.75) is 19.7 Å². The fourth-order valence-electron chi connectivity index (χ4n) is 2.54. The molecule has 3 aromatic carbocycles. The van der Waals surface area contributed by atoms with Gasteiger partial charge in [0.15, 0.2) is 0 Å². The van der Waals surface area contributed by atoms with Crippen molar-refractivity contribution in [1.82, 2.24) is 5.32 Å². The first kappa shape index (κ1) is 21.2. The lowest BCUT2D eigenvalue weighted by molar-refractivity contribution is 0.296. The highest BCUT2D eigenvalue weighted by Crippen LogP contribution is 2.24. The number of benzene rings is 3. The molecule has 0 aliphatic heterocycles. The topological polar surface area (TPSA) is 21.3 Å². The Morgan fingerprint density at radius 3 is 2.33 bits per heavy atom. The summed E-state index contributed by atoms with van der Waals surface area (Å²) in [6, 6.07) is 18.2. The molecule has 0 unspecified atom stereocenters. The fourth-order valence-corrected chi connectivity index (χ4v) is 2.74. The summed E-state index contributed by atoms with van der Waals surface area (Å²) in [4.78, 5) is 0. The van der Waals surface area contributed by atoms with Gasteiger partial charge >= 0.3 is 0 Å². The van der Waals surface area contributed by atoms with Gasteiger partial charge in [0, 0.05) is 29.2 Å². The van der Waals surface area contributed by atoms with Crippen molar-refractivity contribution in [3.8, 4) is 5.75 Å². The largest absolute Gasteiger partial charge is 0.488 e. The molecule has 0 heterocycles. The molecule has 0 amide bonds. The molecule has 0 aliphatic rings. The SMILES string of the molecule is Cl.Fc1ccc(CNCc2cc(Cl)ccc2OCc2ccccc2F)cc1. The zero-order valence-corrected chi connectivity index (χ0v) is 16.0. The van der Waals surface area contributed by atoms with Crippen LogP contribution < -0.4 is 10.1 Å². The van der Waals surface area contributed by atoms with Gasteiger partial charge in [-0.15, -0.1) is 12.4 Å². The Morgan fingerprint density at radius 2 is 1.59 bits per heavy atom. The van der Waals surface area contributed by atoms with Gasteiger partial charge in [0.1, 0.15) is 24.0 Å². The lowest BCUT2D eigenvalue weighted by Crippen LogP contribution is -2.14. The van der Waals surface area contributed by atoms with Crippen LogP contribution in [0.3, 0.4) is 0 Å². The van der Waals surface area contributed by atoms with Gasteiger partial charge in [-0.2, -0.15) is 0 Å². The molecular weight excluding hydrogens is 391 g/mol. The first-order chi connectivity index (χ1) is 12.6. The number of nitrogens with one attached hydrogen (secondary N) is 1. The minimum Gasteiger partial charge on any atom is -0.488 e. The summed E-state index contributed by atoms with van der Waals surface area (Å²) < 4.78 is 32.5. The standard InChI is InChI=1S/C21H18ClF2NO.ClH/c22-18-7-10-21(26-14-16-3-1-2-4-20(16)24)17(11-18)13-25-12-15-5-8-19(23)9-6-15;/h1-11,25H,12-14H2;1H. The molecule has 0 atom stereocenters. The molecule has 0 spiro atoms. The molecule has 0 aromatic heterocycles. The molecule has 0 radical (unpaired) electrons. The Morgan fingerprint density at radius 1 is 0.852 bits per heavy atom. The summed E-state index contributed by atoms with van der Waals surface area (Å²) in [5, 5.41) is 3.88. The van der Waals surface area contributed by atoms with Crippen LogP contribution in [0, 0.1) is 11.6 Å². The van der Waals surface area contributed by atoms with E-state index in [1.807, 2.05) is 6.07 Å². The molecule has 0 bridgehead atoms. The van der Waals surface area contributed by atoms with Crippen LogP contribution in [-0.4, -0.2) is 0 Å². The van der Waals surface area contributed by atoms with E-state index in [-0.39, 0.29) is 30.6 Å². The van der Waals surface area contributed by atoms with Crippen molar-refractivity contribution in [1.29, 1.82) is 0 Å². The highest BCUT2D eigenvalue weighted by atomic mass is 35.5. The van der Waals surface area contributed by atoms with Crippen LogP contribution in [0.1, 0.15) is 16.7 Å². The molecule has 27 heavy (non-hydrogen) atoms. The second kappa shape index (κ2) is 10.3. The lowest BCUT2D eigenvalue weighted by Gasteiger charge is -2.13. The predicted octanol–water partition coefficient (Wildman–Crippen LogP) is 5.91. The van der Waals surface area contributed by atoms with Gasteiger partial charge in [-0.05, 0) is 42.0 Å². The third-order valence-electron chi connectivity index (χ3n) is 3.92. The van der Waals surface area contributed by atoms with Gasteiger partial charge in [-0.1, -0.05) is 41.9 Å². The minimum atomic E-state index is -0.294. The summed E-state index contributed by atoms with van der Waals surface area (Å²) in [6.07, 6.45) is 0. The second-order valence-electron chi connectivity index (χ2n) is 5.86. The monoisotopic (exact) mass is 409 g/mol.